The summed E-state index contributed by atoms with van der Waals surface area (Å²) in [5.41, 5.74) is 2.38. The Morgan fingerprint density at radius 2 is 1.74 bits per heavy atom. The Hall–Kier alpha value is -2.53. The van der Waals surface area contributed by atoms with Crippen molar-refractivity contribution in [1.29, 1.82) is 0 Å². The van der Waals surface area contributed by atoms with Gasteiger partial charge in [-0.05, 0) is 49.2 Å². The molecule has 0 aliphatic heterocycles. The second-order valence-corrected chi connectivity index (χ2v) is 8.73. The highest BCUT2D eigenvalue weighted by Gasteiger charge is 2.14. The summed E-state index contributed by atoms with van der Waals surface area (Å²) >= 11 is 0. The van der Waals surface area contributed by atoms with Gasteiger partial charge in [-0.15, -0.1) is 0 Å². The molecule has 31 heavy (non-hydrogen) atoms. The molecule has 0 unspecified atom stereocenters. The number of carbonyl (C=O) groups excluding carboxylic acids is 1. The van der Waals surface area contributed by atoms with Crippen LogP contribution in [-0.4, -0.2) is 56.7 Å². The van der Waals surface area contributed by atoms with Crippen molar-refractivity contribution >= 4 is 15.7 Å². The van der Waals surface area contributed by atoms with E-state index >= 15 is 0 Å². The molecule has 1 amide bonds. The summed E-state index contributed by atoms with van der Waals surface area (Å²) in [6.07, 6.45) is 2.66. The lowest BCUT2D eigenvalue weighted by atomic mass is 10.3. The Balaban J connectivity index is 1.62. The molecule has 0 atom stereocenters. The molecule has 0 radical (unpaired) electrons. The Bertz CT molecular complexity index is 874. The van der Waals surface area contributed by atoms with Crippen molar-refractivity contribution in [2.75, 3.05) is 32.2 Å². The number of hydrogen-bond acceptors (Lipinski definition) is 8. The largest absolute Gasteiger partial charge is 0.491 e. The summed E-state index contributed by atoms with van der Waals surface area (Å²) in [4.78, 5) is 15.2. The van der Waals surface area contributed by atoms with Crippen LogP contribution < -0.4 is 10.2 Å². The third kappa shape index (κ3) is 9.88. The van der Waals surface area contributed by atoms with Gasteiger partial charge in [0.15, 0.2) is 9.84 Å². The first-order valence-electron chi connectivity index (χ1n) is 9.95. The molecule has 9 nitrogen and oxygen atoms in total. The number of nitrogens with one attached hydrogen (secondary N) is 1. The van der Waals surface area contributed by atoms with Crippen molar-refractivity contribution in [3.8, 4) is 5.75 Å². The average Bonchev–Trinajstić information content (AvgIpc) is 2.79. The second-order valence-electron chi connectivity index (χ2n) is 6.62. The summed E-state index contributed by atoms with van der Waals surface area (Å²) in [6.45, 7) is 1.74. The Labute approximate surface area is 182 Å². The molecule has 1 aromatic carbocycles. The fraction of sp³-hybridized carbons (Fsp3) is 0.429. The lowest BCUT2D eigenvalue weighted by Gasteiger charge is -2.09. The van der Waals surface area contributed by atoms with Crippen LogP contribution >= 0.6 is 0 Å². The molecular formula is C21H28N2O7S. The zero-order valence-electron chi connectivity index (χ0n) is 17.2. The number of carbonyl (C=O) groups is 1. The van der Waals surface area contributed by atoms with Gasteiger partial charge in [0.2, 0.25) is 5.91 Å². The van der Waals surface area contributed by atoms with Gasteiger partial charge >= 0.3 is 0 Å². The van der Waals surface area contributed by atoms with E-state index in [2.05, 4.69) is 4.98 Å². The minimum absolute atomic E-state index is 0.0360. The third-order valence-corrected chi connectivity index (χ3v) is 5.99. The van der Waals surface area contributed by atoms with Gasteiger partial charge in [0, 0.05) is 25.8 Å². The smallest absolute Gasteiger partial charge is 0.243 e. The van der Waals surface area contributed by atoms with Crippen molar-refractivity contribution < 1.29 is 32.6 Å². The minimum atomic E-state index is -3.41. The molecule has 10 heteroatoms. The predicted octanol–water partition coefficient (Wildman–Crippen LogP) is 2.14. The van der Waals surface area contributed by atoms with Crippen LogP contribution in [0.4, 0.5) is 0 Å². The maximum Gasteiger partial charge on any atom is 0.243 e. The monoisotopic (exact) mass is 452 g/mol. The van der Waals surface area contributed by atoms with Crippen LogP contribution in [-0.2, 0) is 30.7 Å². The third-order valence-electron chi connectivity index (χ3n) is 4.17. The molecule has 0 saturated heterocycles. The highest BCUT2D eigenvalue weighted by atomic mass is 32.2. The fourth-order valence-electron chi connectivity index (χ4n) is 2.58. The first kappa shape index (κ1) is 24.7. The molecule has 0 fully saturated rings. The maximum atomic E-state index is 12.4. The van der Waals surface area contributed by atoms with Gasteiger partial charge in [0.05, 0.1) is 29.6 Å². The molecule has 0 aliphatic carbocycles. The van der Waals surface area contributed by atoms with Crippen LogP contribution in [0.2, 0.25) is 0 Å². The normalized spacial score (nSPS) is 11.3. The molecule has 170 valence electrons. The number of nitrogens with zero attached hydrogens (tertiary/aromatic N) is 1. The van der Waals surface area contributed by atoms with E-state index in [0.717, 1.165) is 5.69 Å². The second kappa shape index (κ2) is 13.7. The average molecular weight is 453 g/mol. The van der Waals surface area contributed by atoms with Crippen molar-refractivity contribution in [2.24, 2.45) is 0 Å². The van der Waals surface area contributed by atoms with Gasteiger partial charge in [-0.25, -0.2) is 13.9 Å². The molecule has 0 bridgehead atoms. The van der Waals surface area contributed by atoms with E-state index in [0.29, 0.717) is 45.0 Å². The van der Waals surface area contributed by atoms with E-state index in [1.54, 1.807) is 23.8 Å². The van der Waals surface area contributed by atoms with Gasteiger partial charge in [-0.1, -0.05) is 6.07 Å². The highest BCUT2D eigenvalue weighted by Crippen LogP contribution is 2.17. The number of benzene rings is 1. The van der Waals surface area contributed by atoms with Crippen LogP contribution in [0, 0.1) is 0 Å². The number of hydrogen-bond donors (Lipinski definition) is 2. The van der Waals surface area contributed by atoms with Crippen molar-refractivity contribution in [3.63, 3.8) is 0 Å². The molecule has 0 spiro atoms. The molecule has 0 saturated carbocycles. The Morgan fingerprint density at radius 1 is 0.968 bits per heavy atom. The minimum Gasteiger partial charge on any atom is -0.491 e. The molecule has 2 rings (SSSR count). The van der Waals surface area contributed by atoms with Crippen molar-refractivity contribution in [2.45, 2.75) is 30.8 Å². The summed E-state index contributed by atoms with van der Waals surface area (Å²) in [6, 6.07) is 11.9. The van der Waals surface area contributed by atoms with E-state index in [4.69, 9.17) is 19.4 Å². The number of rotatable bonds is 15. The highest BCUT2D eigenvalue weighted by molar-refractivity contribution is 7.91. The van der Waals surface area contributed by atoms with E-state index in [1.165, 1.54) is 12.1 Å². The zero-order chi connectivity index (χ0) is 22.4. The summed E-state index contributed by atoms with van der Waals surface area (Å²) in [7, 11) is -3.41. The number of ether oxygens (including phenoxy) is 3. The molecule has 1 aromatic heterocycles. The van der Waals surface area contributed by atoms with Crippen molar-refractivity contribution in [3.05, 3.63) is 54.4 Å². The molecular weight excluding hydrogens is 424 g/mol. The predicted molar refractivity (Wildman–Crippen MR) is 112 cm³/mol. The quantitative estimate of drug-likeness (QED) is 0.239. The molecule has 2 N–H and O–H groups in total. The SMILES string of the molecule is O=C(CCCOCCCS(=O)(=O)c1ccc(OCCOCc2ccccn2)cc1)NO. The van der Waals surface area contributed by atoms with Gasteiger partial charge in [0.1, 0.15) is 12.4 Å². The maximum absolute atomic E-state index is 12.4. The van der Waals surface area contributed by atoms with Gasteiger partial charge < -0.3 is 14.2 Å². The first-order valence-corrected chi connectivity index (χ1v) is 11.6. The van der Waals surface area contributed by atoms with Crippen molar-refractivity contribution in [1.82, 2.24) is 10.5 Å². The van der Waals surface area contributed by atoms with Gasteiger partial charge in [-0.3, -0.25) is 15.0 Å². The number of amides is 1. The van der Waals surface area contributed by atoms with Crippen LogP contribution in [0.3, 0.4) is 0 Å². The number of sulfone groups is 1. The Morgan fingerprint density at radius 3 is 2.45 bits per heavy atom. The summed E-state index contributed by atoms with van der Waals surface area (Å²) in [5.74, 6) is 0.0531. The first-order chi connectivity index (χ1) is 15.0. The summed E-state index contributed by atoms with van der Waals surface area (Å²) < 4.78 is 41.2. The van der Waals surface area contributed by atoms with Gasteiger partial charge in [0.25, 0.3) is 0 Å². The van der Waals surface area contributed by atoms with Crippen LogP contribution in [0.15, 0.2) is 53.6 Å². The molecule has 1 heterocycles. The zero-order valence-corrected chi connectivity index (χ0v) is 18.1. The van der Waals surface area contributed by atoms with E-state index in [9.17, 15) is 13.2 Å². The fourth-order valence-corrected chi connectivity index (χ4v) is 3.87. The van der Waals surface area contributed by atoms with E-state index < -0.39 is 15.7 Å². The van der Waals surface area contributed by atoms with Crippen LogP contribution in [0.1, 0.15) is 25.0 Å². The summed E-state index contributed by atoms with van der Waals surface area (Å²) in [5, 5.41) is 8.37. The molecule has 2 aromatic rings. The lowest BCUT2D eigenvalue weighted by Crippen LogP contribution is -2.18. The van der Waals surface area contributed by atoms with E-state index in [1.807, 2.05) is 18.2 Å². The topological polar surface area (TPSA) is 124 Å². The van der Waals surface area contributed by atoms with E-state index in [-0.39, 0.29) is 23.7 Å². The van der Waals surface area contributed by atoms with Gasteiger partial charge in [-0.2, -0.15) is 0 Å². The molecule has 0 aliphatic rings. The Kier molecular flexibility index (Phi) is 10.9. The van der Waals surface area contributed by atoms with Crippen LogP contribution in [0.5, 0.6) is 5.75 Å². The number of aromatic nitrogens is 1. The number of pyridine rings is 1. The van der Waals surface area contributed by atoms with Crippen LogP contribution in [0.25, 0.3) is 0 Å². The number of hydroxylamine groups is 1. The standard InChI is InChI=1S/C21H28N2O7S/c24-21(23-25)6-3-12-28-13-4-16-31(26,27)20-9-7-19(8-10-20)30-15-14-29-17-18-5-1-2-11-22-18/h1-2,5,7-11,25H,3-4,6,12-17H2,(H,23,24). The lowest BCUT2D eigenvalue weighted by molar-refractivity contribution is -0.129.